The molecular weight excluding hydrogens is 248 g/mol. The molecule has 4 nitrogen and oxygen atoms in total. The zero-order valence-electron chi connectivity index (χ0n) is 7.33. The van der Waals surface area contributed by atoms with Gasteiger partial charge < -0.3 is 10.1 Å². The number of aromatic nitrogens is 2. The average Bonchev–Trinajstić information content (AvgIpc) is 2.43. The van der Waals surface area contributed by atoms with E-state index >= 15 is 0 Å². The van der Waals surface area contributed by atoms with E-state index < -0.39 is 0 Å². The number of imidazole rings is 1. The predicted octanol–water partition coefficient (Wildman–Crippen LogP) is 1.08. The van der Waals surface area contributed by atoms with E-state index in [4.69, 9.17) is 5.11 Å². The third kappa shape index (κ3) is 1.49. The van der Waals surface area contributed by atoms with Gasteiger partial charge in [0.05, 0.1) is 24.2 Å². The molecule has 2 N–H and O–H groups in total. The van der Waals surface area contributed by atoms with Crippen molar-refractivity contribution >= 4 is 27.0 Å². The van der Waals surface area contributed by atoms with E-state index in [1.165, 1.54) is 4.57 Å². The zero-order valence-corrected chi connectivity index (χ0v) is 8.91. The number of hydrogen-bond donors (Lipinski definition) is 2. The number of H-pyrrole nitrogens is 1. The molecule has 2 aromatic rings. The molecule has 0 aliphatic rings. The number of nitrogens with one attached hydrogen (secondary N) is 1. The molecule has 0 unspecified atom stereocenters. The smallest absolute Gasteiger partial charge is 0.326 e. The van der Waals surface area contributed by atoms with Crippen LogP contribution in [0.5, 0.6) is 0 Å². The molecular formula is C9H9BrN2O2. The van der Waals surface area contributed by atoms with Crippen LogP contribution in [0.4, 0.5) is 0 Å². The number of nitrogens with zero attached hydrogens (tertiary/aromatic N) is 1. The van der Waals surface area contributed by atoms with Gasteiger partial charge in [0, 0.05) is 4.47 Å². The van der Waals surface area contributed by atoms with Crippen LogP contribution >= 0.6 is 15.9 Å². The molecule has 1 aromatic carbocycles. The molecule has 0 aliphatic carbocycles. The molecule has 0 saturated heterocycles. The van der Waals surface area contributed by atoms with Gasteiger partial charge in [-0.3, -0.25) is 4.57 Å². The fourth-order valence-corrected chi connectivity index (χ4v) is 1.82. The first-order valence-electron chi connectivity index (χ1n) is 4.21. The normalized spacial score (nSPS) is 11.0. The van der Waals surface area contributed by atoms with Gasteiger partial charge >= 0.3 is 5.69 Å². The Hall–Kier alpha value is -1.07. The molecule has 74 valence electrons. The Morgan fingerprint density at radius 1 is 1.50 bits per heavy atom. The third-order valence-corrected chi connectivity index (χ3v) is 2.55. The van der Waals surface area contributed by atoms with E-state index in [1.54, 1.807) is 0 Å². The minimum atomic E-state index is -0.188. The lowest BCUT2D eigenvalue weighted by Gasteiger charge is -1.99. The summed E-state index contributed by atoms with van der Waals surface area (Å²) in [6.07, 6.45) is 0. The lowest BCUT2D eigenvalue weighted by Crippen LogP contribution is -2.18. The highest BCUT2D eigenvalue weighted by molar-refractivity contribution is 9.10. The van der Waals surface area contributed by atoms with E-state index in [0.29, 0.717) is 6.54 Å². The first-order chi connectivity index (χ1) is 6.72. The first kappa shape index (κ1) is 9.48. The van der Waals surface area contributed by atoms with Crippen LogP contribution in [0, 0.1) is 0 Å². The standard InChI is InChI=1S/C9H9BrN2O2/c10-6-1-2-8-7(5-6)11-9(14)12(8)3-4-13/h1-2,5,13H,3-4H2,(H,11,14). The van der Waals surface area contributed by atoms with Crippen molar-refractivity contribution in [1.82, 2.24) is 9.55 Å². The van der Waals surface area contributed by atoms with Gasteiger partial charge in [-0.25, -0.2) is 4.79 Å². The molecule has 0 atom stereocenters. The molecule has 0 amide bonds. The van der Waals surface area contributed by atoms with Crippen molar-refractivity contribution < 1.29 is 5.11 Å². The number of aliphatic hydroxyl groups excluding tert-OH is 1. The summed E-state index contributed by atoms with van der Waals surface area (Å²) < 4.78 is 2.43. The average molecular weight is 257 g/mol. The lowest BCUT2D eigenvalue weighted by molar-refractivity contribution is 0.276. The molecule has 0 bridgehead atoms. The summed E-state index contributed by atoms with van der Waals surface area (Å²) in [5, 5.41) is 8.79. The number of rotatable bonds is 2. The number of fused-ring (bicyclic) bond motifs is 1. The van der Waals surface area contributed by atoms with Crippen LogP contribution in [-0.2, 0) is 6.54 Å². The van der Waals surface area contributed by atoms with E-state index in [0.717, 1.165) is 15.5 Å². The third-order valence-electron chi connectivity index (χ3n) is 2.06. The van der Waals surface area contributed by atoms with Gasteiger partial charge in [0.1, 0.15) is 0 Å². The lowest BCUT2D eigenvalue weighted by atomic mass is 10.3. The summed E-state index contributed by atoms with van der Waals surface area (Å²) in [4.78, 5) is 14.1. The van der Waals surface area contributed by atoms with Crippen LogP contribution < -0.4 is 5.69 Å². The minimum Gasteiger partial charge on any atom is -0.395 e. The Morgan fingerprint density at radius 2 is 2.29 bits per heavy atom. The zero-order chi connectivity index (χ0) is 10.1. The fraction of sp³-hybridized carbons (Fsp3) is 0.222. The van der Waals surface area contributed by atoms with Gasteiger partial charge in [0.15, 0.2) is 0 Å². The van der Waals surface area contributed by atoms with Gasteiger partial charge in [-0.05, 0) is 18.2 Å². The van der Waals surface area contributed by atoms with Crippen LogP contribution in [0.15, 0.2) is 27.5 Å². The van der Waals surface area contributed by atoms with Crippen LogP contribution in [0.3, 0.4) is 0 Å². The number of hydrogen-bond acceptors (Lipinski definition) is 2. The highest BCUT2D eigenvalue weighted by Crippen LogP contribution is 2.16. The quantitative estimate of drug-likeness (QED) is 0.845. The van der Waals surface area contributed by atoms with Gasteiger partial charge in [-0.1, -0.05) is 15.9 Å². The number of aromatic amines is 1. The molecule has 14 heavy (non-hydrogen) atoms. The largest absolute Gasteiger partial charge is 0.395 e. The maximum absolute atomic E-state index is 11.4. The SMILES string of the molecule is O=c1[nH]c2cc(Br)ccc2n1CCO. The summed E-state index contributed by atoms with van der Waals surface area (Å²) in [7, 11) is 0. The Morgan fingerprint density at radius 3 is 3.00 bits per heavy atom. The minimum absolute atomic E-state index is 0.0388. The van der Waals surface area contributed by atoms with Gasteiger partial charge in [0.25, 0.3) is 0 Å². The molecule has 0 spiro atoms. The Kier molecular flexibility index (Phi) is 2.43. The van der Waals surface area contributed by atoms with Crippen molar-refractivity contribution in [2.24, 2.45) is 0 Å². The van der Waals surface area contributed by atoms with Crippen molar-refractivity contribution in [3.8, 4) is 0 Å². The van der Waals surface area contributed by atoms with Gasteiger partial charge in [-0.15, -0.1) is 0 Å². The molecule has 0 saturated carbocycles. The summed E-state index contributed by atoms with van der Waals surface area (Å²) >= 11 is 3.32. The van der Waals surface area contributed by atoms with E-state index in [2.05, 4.69) is 20.9 Å². The number of halogens is 1. The second-order valence-corrected chi connectivity index (χ2v) is 3.88. The van der Waals surface area contributed by atoms with Crippen LogP contribution in [0.25, 0.3) is 11.0 Å². The number of aliphatic hydroxyl groups is 1. The van der Waals surface area contributed by atoms with Crippen molar-refractivity contribution in [1.29, 1.82) is 0 Å². The van der Waals surface area contributed by atoms with Crippen molar-refractivity contribution in [3.63, 3.8) is 0 Å². The summed E-state index contributed by atoms with van der Waals surface area (Å²) in [6, 6.07) is 5.54. The summed E-state index contributed by atoms with van der Waals surface area (Å²) in [6.45, 7) is 0.281. The highest BCUT2D eigenvalue weighted by Gasteiger charge is 2.05. The molecule has 0 fully saturated rings. The van der Waals surface area contributed by atoms with Crippen LogP contribution in [0.2, 0.25) is 0 Å². The molecule has 1 aromatic heterocycles. The Labute approximate surface area is 88.3 Å². The van der Waals surface area contributed by atoms with E-state index in [1.807, 2.05) is 18.2 Å². The number of benzene rings is 1. The van der Waals surface area contributed by atoms with Gasteiger partial charge in [-0.2, -0.15) is 0 Å². The van der Waals surface area contributed by atoms with E-state index in [-0.39, 0.29) is 12.3 Å². The van der Waals surface area contributed by atoms with Crippen molar-refractivity contribution in [2.75, 3.05) is 6.61 Å². The topological polar surface area (TPSA) is 58.0 Å². The molecule has 2 rings (SSSR count). The van der Waals surface area contributed by atoms with Crippen LogP contribution in [-0.4, -0.2) is 21.3 Å². The molecule has 1 heterocycles. The summed E-state index contributed by atoms with van der Waals surface area (Å²) in [5.41, 5.74) is 1.40. The van der Waals surface area contributed by atoms with Crippen molar-refractivity contribution in [3.05, 3.63) is 33.2 Å². The Bertz CT molecular complexity index is 515. The maximum atomic E-state index is 11.4. The predicted molar refractivity (Wildman–Crippen MR) is 57.3 cm³/mol. The van der Waals surface area contributed by atoms with Gasteiger partial charge in [0.2, 0.25) is 0 Å². The fourth-order valence-electron chi connectivity index (χ4n) is 1.46. The second kappa shape index (κ2) is 3.59. The molecule has 0 radical (unpaired) electrons. The van der Waals surface area contributed by atoms with Crippen LogP contribution in [0.1, 0.15) is 0 Å². The maximum Gasteiger partial charge on any atom is 0.326 e. The van der Waals surface area contributed by atoms with Crippen molar-refractivity contribution in [2.45, 2.75) is 6.54 Å². The monoisotopic (exact) mass is 256 g/mol. The molecule has 5 heteroatoms. The second-order valence-electron chi connectivity index (χ2n) is 2.97. The summed E-state index contributed by atoms with van der Waals surface area (Å²) in [5.74, 6) is 0. The Balaban J connectivity index is 2.71. The first-order valence-corrected chi connectivity index (χ1v) is 5.00. The van der Waals surface area contributed by atoms with E-state index in [9.17, 15) is 4.79 Å². The highest BCUT2D eigenvalue weighted by atomic mass is 79.9. The molecule has 0 aliphatic heterocycles.